The summed E-state index contributed by atoms with van der Waals surface area (Å²) < 4.78 is 0. The minimum atomic E-state index is 0.818. The Hall–Kier alpha value is -0.980. The summed E-state index contributed by atoms with van der Waals surface area (Å²) in [6.45, 7) is 4.00. The minimum Gasteiger partial charge on any atom is -0.0843 e. The van der Waals surface area contributed by atoms with Crippen molar-refractivity contribution in [2.45, 2.75) is 51.9 Å². The fourth-order valence-electron chi connectivity index (χ4n) is 2.72. The van der Waals surface area contributed by atoms with Crippen molar-refractivity contribution in [2.75, 3.05) is 0 Å². The number of halogens is 2. The molecule has 2 aromatic rings. The molecule has 0 unspecified atom stereocenters. The van der Waals surface area contributed by atoms with Crippen LogP contribution in [0.2, 0.25) is 10.0 Å². The third-order valence-corrected chi connectivity index (χ3v) is 4.43. The maximum atomic E-state index is 5.82. The Morgan fingerprint density at radius 3 is 2.18 bits per heavy atom. The third kappa shape index (κ3) is 5.04. The molecular formula is C20H24Cl2. The van der Waals surface area contributed by atoms with Gasteiger partial charge >= 0.3 is 0 Å². The Morgan fingerprint density at radius 1 is 0.818 bits per heavy atom. The number of aryl methyl sites for hydroxylation is 2. The molecule has 2 heteroatoms. The van der Waals surface area contributed by atoms with Gasteiger partial charge in [0.2, 0.25) is 0 Å². The fraction of sp³-hybridized carbons (Fsp3) is 0.400. The van der Waals surface area contributed by atoms with Crippen molar-refractivity contribution in [1.82, 2.24) is 0 Å². The average Bonchev–Trinajstić information content (AvgIpc) is 3.29. The Balaban J connectivity index is 0.000000144. The number of rotatable bonds is 1. The molecule has 4 rings (SSSR count). The lowest BCUT2D eigenvalue weighted by Crippen LogP contribution is -1.79. The molecule has 0 spiro atoms. The van der Waals surface area contributed by atoms with E-state index in [1.807, 2.05) is 32.0 Å². The molecule has 1 saturated carbocycles. The SMILES string of the molecule is CC.Clc1ccc2c(c1)CCC2.Clc1cccc(C2CC2)c1. The highest BCUT2D eigenvalue weighted by Gasteiger charge is 2.22. The summed E-state index contributed by atoms with van der Waals surface area (Å²) in [5.74, 6) is 0.818. The zero-order chi connectivity index (χ0) is 15.9. The van der Waals surface area contributed by atoms with E-state index in [1.54, 1.807) is 0 Å². The van der Waals surface area contributed by atoms with Crippen LogP contribution in [0, 0.1) is 0 Å². The van der Waals surface area contributed by atoms with Crippen LogP contribution >= 0.6 is 23.2 Å². The summed E-state index contributed by atoms with van der Waals surface area (Å²) in [5.41, 5.74) is 4.35. The van der Waals surface area contributed by atoms with Crippen LogP contribution < -0.4 is 0 Å². The maximum absolute atomic E-state index is 5.82. The van der Waals surface area contributed by atoms with Gasteiger partial charge in [0.25, 0.3) is 0 Å². The van der Waals surface area contributed by atoms with E-state index in [1.165, 1.54) is 48.8 Å². The molecule has 2 aliphatic rings. The first-order valence-corrected chi connectivity index (χ1v) is 9.01. The second-order valence-electron chi connectivity index (χ2n) is 5.60. The highest BCUT2D eigenvalue weighted by Crippen LogP contribution is 2.40. The molecule has 0 bridgehead atoms. The lowest BCUT2D eigenvalue weighted by Gasteiger charge is -1.96. The standard InChI is InChI=1S/2C9H9Cl.C2H6/c10-9-3-1-2-8(6-9)7-4-5-7;10-9-5-4-7-2-1-3-8(7)6-9;1-2/h1-3,6-7H,4-5H2;4-6H,1-3H2;1-2H3. The van der Waals surface area contributed by atoms with Gasteiger partial charge < -0.3 is 0 Å². The lowest BCUT2D eigenvalue weighted by atomic mass is 10.1. The summed E-state index contributed by atoms with van der Waals surface area (Å²) in [7, 11) is 0. The summed E-state index contributed by atoms with van der Waals surface area (Å²) in [6, 6.07) is 14.4. The maximum Gasteiger partial charge on any atom is 0.0408 e. The van der Waals surface area contributed by atoms with Crippen molar-refractivity contribution in [1.29, 1.82) is 0 Å². The molecule has 0 aliphatic heterocycles. The van der Waals surface area contributed by atoms with Crippen molar-refractivity contribution in [3.63, 3.8) is 0 Å². The molecule has 22 heavy (non-hydrogen) atoms. The fourth-order valence-corrected chi connectivity index (χ4v) is 3.11. The molecule has 0 saturated heterocycles. The zero-order valence-corrected chi connectivity index (χ0v) is 14.9. The van der Waals surface area contributed by atoms with Crippen molar-refractivity contribution in [3.05, 3.63) is 69.2 Å². The van der Waals surface area contributed by atoms with Gasteiger partial charge in [-0.15, -0.1) is 0 Å². The topological polar surface area (TPSA) is 0 Å². The molecule has 2 aliphatic carbocycles. The summed E-state index contributed by atoms with van der Waals surface area (Å²) in [6.07, 6.45) is 6.46. The van der Waals surface area contributed by atoms with Crippen molar-refractivity contribution < 1.29 is 0 Å². The van der Waals surface area contributed by atoms with E-state index in [-0.39, 0.29) is 0 Å². The van der Waals surface area contributed by atoms with Gasteiger partial charge in [-0.25, -0.2) is 0 Å². The van der Waals surface area contributed by atoms with Crippen molar-refractivity contribution in [3.8, 4) is 0 Å². The van der Waals surface area contributed by atoms with Crippen LogP contribution in [0.4, 0.5) is 0 Å². The van der Waals surface area contributed by atoms with E-state index in [0.29, 0.717) is 0 Å². The van der Waals surface area contributed by atoms with Gasteiger partial charge in [0.15, 0.2) is 0 Å². The molecule has 0 N–H and O–H groups in total. The molecule has 0 amide bonds. The van der Waals surface area contributed by atoms with Gasteiger partial charge in [-0.05, 0) is 79.0 Å². The number of benzene rings is 2. The monoisotopic (exact) mass is 334 g/mol. The van der Waals surface area contributed by atoms with Crippen LogP contribution in [-0.4, -0.2) is 0 Å². The first-order valence-electron chi connectivity index (χ1n) is 8.25. The molecule has 0 nitrogen and oxygen atoms in total. The Morgan fingerprint density at radius 2 is 1.50 bits per heavy atom. The minimum absolute atomic E-state index is 0.818. The van der Waals surface area contributed by atoms with Gasteiger partial charge in [0.1, 0.15) is 0 Å². The highest BCUT2D eigenvalue weighted by atomic mass is 35.5. The second-order valence-corrected chi connectivity index (χ2v) is 6.47. The molecule has 2 aromatic carbocycles. The number of hydrogen-bond acceptors (Lipinski definition) is 0. The first-order chi connectivity index (χ1) is 10.7. The van der Waals surface area contributed by atoms with Crippen LogP contribution in [0.5, 0.6) is 0 Å². The Bertz CT molecular complexity index is 600. The summed E-state index contributed by atoms with van der Waals surface area (Å²) >= 11 is 11.6. The van der Waals surface area contributed by atoms with Crippen LogP contribution in [0.25, 0.3) is 0 Å². The largest absolute Gasteiger partial charge is 0.0843 e. The predicted molar refractivity (Wildman–Crippen MR) is 98.3 cm³/mol. The lowest BCUT2D eigenvalue weighted by molar-refractivity contribution is 0.912. The van der Waals surface area contributed by atoms with Gasteiger partial charge in [0, 0.05) is 10.0 Å². The Kier molecular flexibility index (Phi) is 6.79. The molecule has 0 radical (unpaired) electrons. The average molecular weight is 335 g/mol. The zero-order valence-electron chi connectivity index (χ0n) is 13.4. The van der Waals surface area contributed by atoms with E-state index in [9.17, 15) is 0 Å². The van der Waals surface area contributed by atoms with Crippen LogP contribution in [0.3, 0.4) is 0 Å². The van der Waals surface area contributed by atoms with E-state index >= 15 is 0 Å². The summed E-state index contributed by atoms with van der Waals surface area (Å²) in [4.78, 5) is 0. The van der Waals surface area contributed by atoms with E-state index in [2.05, 4.69) is 24.3 Å². The van der Waals surface area contributed by atoms with Crippen molar-refractivity contribution >= 4 is 23.2 Å². The predicted octanol–water partition coefficient (Wildman–Crippen LogP) is 7.07. The highest BCUT2D eigenvalue weighted by molar-refractivity contribution is 6.30. The molecule has 118 valence electrons. The number of hydrogen-bond donors (Lipinski definition) is 0. The quantitative estimate of drug-likeness (QED) is 0.523. The second kappa shape index (κ2) is 8.60. The van der Waals surface area contributed by atoms with Crippen molar-refractivity contribution in [2.24, 2.45) is 0 Å². The normalized spacial score (nSPS) is 15.1. The van der Waals surface area contributed by atoms with E-state index in [0.717, 1.165) is 16.0 Å². The number of fused-ring (bicyclic) bond motifs is 1. The smallest absolute Gasteiger partial charge is 0.0408 e. The van der Waals surface area contributed by atoms with Gasteiger partial charge in [-0.3, -0.25) is 0 Å². The van der Waals surface area contributed by atoms with Crippen LogP contribution in [0.15, 0.2) is 42.5 Å². The van der Waals surface area contributed by atoms with Gasteiger partial charge in [-0.2, -0.15) is 0 Å². The Labute approximate surface area is 144 Å². The summed E-state index contributed by atoms with van der Waals surface area (Å²) in [5, 5.41) is 1.74. The first kappa shape index (κ1) is 17.4. The van der Waals surface area contributed by atoms with E-state index < -0.39 is 0 Å². The van der Waals surface area contributed by atoms with Gasteiger partial charge in [0.05, 0.1) is 0 Å². The molecule has 1 fully saturated rings. The third-order valence-electron chi connectivity index (χ3n) is 3.96. The van der Waals surface area contributed by atoms with E-state index in [4.69, 9.17) is 23.2 Å². The molecule has 0 aromatic heterocycles. The molecule has 0 heterocycles. The van der Waals surface area contributed by atoms with Gasteiger partial charge in [-0.1, -0.05) is 55.2 Å². The molecular weight excluding hydrogens is 311 g/mol. The van der Waals surface area contributed by atoms with Crippen LogP contribution in [0.1, 0.15) is 55.7 Å². The molecule has 0 atom stereocenters. The van der Waals surface area contributed by atoms with Crippen LogP contribution in [-0.2, 0) is 12.8 Å².